The van der Waals surface area contributed by atoms with Crippen LogP contribution in [0.3, 0.4) is 0 Å². The van der Waals surface area contributed by atoms with Gasteiger partial charge in [0.15, 0.2) is 5.78 Å². The van der Waals surface area contributed by atoms with E-state index in [2.05, 4.69) is 5.92 Å². The van der Waals surface area contributed by atoms with Crippen molar-refractivity contribution >= 4 is 5.78 Å². The number of aromatic hydroxyl groups is 1. The van der Waals surface area contributed by atoms with Crippen molar-refractivity contribution in [3.8, 4) is 18.1 Å². The van der Waals surface area contributed by atoms with Crippen LogP contribution in [0.25, 0.3) is 0 Å². The van der Waals surface area contributed by atoms with Gasteiger partial charge in [0.25, 0.3) is 0 Å². The van der Waals surface area contributed by atoms with Crippen LogP contribution >= 0.6 is 0 Å². The largest absolute Gasteiger partial charge is 0.507 e. The SMILES string of the molecule is C#CCCC(=O)c1ccccc1O. The third-order valence-corrected chi connectivity index (χ3v) is 1.70. The number of terminal acetylenes is 1. The Morgan fingerprint density at radius 1 is 1.46 bits per heavy atom. The van der Waals surface area contributed by atoms with E-state index in [0.717, 1.165) is 0 Å². The second-order valence-corrected chi connectivity index (χ2v) is 2.64. The normalized spacial score (nSPS) is 9.15. The number of hydrogen-bond acceptors (Lipinski definition) is 2. The zero-order valence-corrected chi connectivity index (χ0v) is 7.16. The third kappa shape index (κ3) is 2.34. The number of ketones is 1. The van der Waals surface area contributed by atoms with E-state index >= 15 is 0 Å². The van der Waals surface area contributed by atoms with Crippen LogP contribution in [0.5, 0.6) is 5.75 Å². The van der Waals surface area contributed by atoms with E-state index in [1.165, 1.54) is 6.07 Å². The molecule has 0 aliphatic carbocycles. The fraction of sp³-hybridized carbons (Fsp3) is 0.182. The minimum absolute atomic E-state index is 0.0181. The lowest BCUT2D eigenvalue weighted by atomic mass is 10.1. The van der Waals surface area contributed by atoms with Gasteiger partial charge in [-0.25, -0.2) is 0 Å². The fourth-order valence-corrected chi connectivity index (χ4v) is 1.03. The maximum absolute atomic E-state index is 11.4. The quantitative estimate of drug-likeness (QED) is 0.562. The highest BCUT2D eigenvalue weighted by atomic mass is 16.3. The molecule has 2 nitrogen and oxygen atoms in total. The molecule has 66 valence electrons. The van der Waals surface area contributed by atoms with Gasteiger partial charge >= 0.3 is 0 Å². The van der Waals surface area contributed by atoms with Crippen LogP contribution in [0.15, 0.2) is 24.3 Å². The lowest BCUT2D eigenvalue weighted by Crippen LogP contribution is -1.98. The van der Waals surface area contributed by atoms with E-state index in [0.29, 0.717) is 12.0 Å². The monoisotopic (exact) mass is 174 g/mol. The van der Waals surface area contributed by atoms with Crippen LogP contribution in [0, 0.1) is 12.3 Å². The molecule has 13 heavy (non-hydrogen) atoms. The van der Waals surface area contributed by atoms with E-state index in [-0.39, 0.29) is 18.0 Å². The Balaban J connectivity index is 2.78. The molecule has 0 heterocycles. The van der Waals surface area contributed by atoms with Crippen molar-refractivity contribution in [3.63, 3.8) is 0 Å². The van der Waals surface area contributed by atoms with Crippen LogP contribution < -0.4 is 0 Å². The predicted octanol–water partition coefficient (Wildman–Crippen LogP) is 1.99. The van der Waals surface area contributed by atoms with Gasteiger partial charge in [-0.3, -0.25) is 4.79 Å². The smallest absolute Gasteiger partial charge is 0.167 e. The summed E-state index contributed by atoms with van der Waals surface area (Å²) >= 11 is 0. The Morgan fingerprint density at radius 3 is 2.77 bits per heavy atom. The number of Topliss-reactive ketones (excluding diaryl/α,β-unsaturated/α-hetero) is 1. The summed E-state index contributed by atoms with van der Waals surface area (Å²) in [5.74, 6) is 2.29. The average molecular weight is 174 g/mol. The zero-order chi connectivity index (χ0) is 9.68. The van der Waals surface area contributed by atoms with Crippen molar-refractivity contribution < 1.29 is 9.90 Å². The Morgan fingerprint density at radius 2 is 2.15 bits per heavy atom. The van der Waals surface area contributed by atoms with Crippen LogP contribution in [-0.4, -0.2) is 10.9 Å². The number of carbonyl (C=O) groups excluding carboxylic acids is 1. The highest BCUT2D eigenvalue weighted by molar-refractivity contribution is 5.98. The van der Waals surface area contributed by atoms with Gasteiger partial charge in [-0.15, -0.1) is 12.3 Å². The van der Waals surface area contributed by atoms with Crippen LogP contribution in [0.2, 0.25) is 0 Å². The Bertz CT molecular complexity index is 347. The van der Waals surface area contributed by atoms with Crippen molar-refractivity contribution in [1.82, 2.24) is 0 Å². The van der Waals surface area contributed by atoms with Crippen LogP contribution in [0.1, 0.15) is 23.2 Å². The summed E-state index contributed by atoms with van der Waals surface area (Å²) in [4.78, 5) is 11.4. The van der Waals surface area contributed by atoms with Crippen LogP contribution in [0.4, 0.5) is 0 Å². The maximum Gasteiger partial charge on any atom is 0.167 e. The zero-order valence-electron chi connectivity index (χ0n) is 7.16. The van der Waals surface area contributed by atoms with Gasteiger partial charge in [0.1, 0.15) is 5.75 Å². The van der Waals surface area contributed by atoms with Gasteiger partial charge in [-0.2, -0.15) is 0 Å². The molecular formula is C11H10O2. The molecule has 1 rings (SSSR count). The van der Waals surface area contributed by atoms with E-state index in [9.17, 15) is 9.90 Å². The van der Waals surface area contributed by atoms with E-state index in [4.69, 9.17) is 6.42 Å². The number of para-hydroxylation sites is 1. The minimum Gasteiger partial charge on any atom is -0.507 e. The third-order valence-electron chi connectivity index (χ3n) is 1.70. The molecule has 0 saturated heterocycles. The summed E-state index contributed by atoms with van der Waals surface area (Å²) in [6.07, 6.45) is 5.72. The number of phenolic OH excluding ortho intramolecular Hbond substituents is 1. The molecule has 0 unspecified atom stereocenters. The predicted molar refractivity (Wildman–Crippen MR) is 50.5 cm³/mol. The lowest BCUT2D eigenvalue weighted by molar-refractivity contribution is 0.0982. The number of rotatable bonds is 3. The first-order valence-corrected chi connectivity index (χ1v) is 4.00. The molecule has 0 aliphatic heterocycles. The summed E-state index contributed by atoms with van der Waals surface area (Å²) in [5.41, 5.74) is 0.345. The average Bonchev–Trinajstić information content (AvgIpc) is 2.15. The Hall–Kier alpha value is -1.75. The molecule has 1 N–H and O–H groups in total. The first-order valence-electron chi connectivity index (χ1n) is 4.00. The molecule has 0 aromatic heterocycles. The molecule has 1 aromatic carbocycles. The molecule has 0 saturated carbocycles. The number of hydrogen-bond donors (Lipinski definition) is 1. The molecule has 0 aliphatic rings. The molecule has 0 bridgehead atoms. The summed E-state index contributed by atoms with van der Waals surface area (Å²) in [6, 6.07) is 6.47. The maximum atomic E-state index is 11.4. The molecule has 0 spiro atoms. The van der Waals surface area contributed by atoms with Crippen molar-refractivity contribution in [1.29, 1.82) is 0 Å². The fourth-order valence-electron chi connectivity index (χ4n) is 1.03. The first kappa shape index (κ1) is 9.34. The van der Waals surface area contributed by atoms with Crippen molar-refractivity contribution in [2.24, 2.45) is 0 Å². The highest BCUT2D eigenvalue weighted by Gasteiger charge is 2.08. The van der Waals surface area contributed by atoms with Crippen molar-refractivity contribution in [2.75, 3.05) is 0 Å². The number of phenols is 1. The highest BCUT2D eigenvalue weighted by Crippen LogP contribution is 2.17. The first-order chi connectivity index (χ1) is 6.25. The molecule has 0 radical (unpaired) electrons. The number of benzene rings is 1. The Kier molecular flexibility index (Phi) is 3.10. The van der Waals surface area contributed by atoms with Gasteiger partial charge in [0, 0.05) is 12.8 Å². The molecule has 1 aromatic rings. The van der Waals surface area contributed by atoms with Gasteiger partial charge in [-0.1, -0.05) is 12.1 Å². The van der Waals surface area contributed by atoms with Gasteiger partial charge in [-0.05, 0) is 12.1 Å². The molecule has 0 atom stereocenters. The van der Waals surface area contributed by atoms with Gasteiger partial charge < -0.3 is 5.11 Å². The molecule has 2 heteroatoms. The summed E-state index contributed by atoms with van der Waals surface area (Å²) in [7, 11) is 0. The number of carbonyl (C=O) groups is 1. The second kappa shape index (κ2) is 4.32. The van der Waals surface area contributed by atoms with E-state index < -0.39 is 0 Å². The van der Waals surface area contributed by atoms with Gasteiger partial charge in [0.05, 0.1) is 5.56 Å². The van der Waals surface area contributed by atoms with E-state index in [1.54, 1.807) is 18.2 Å². The lowest BCUT2D eigenvalue weighted by Gasteiger charge is -2.00. The molecule has 0 fully saturated rings. The molecular weight excluding hydrogens is 164 g/mol. The minimum atomic E-state index is -0.115. The van der Waals surface area contributed by atoms with Crippen LogP contribution in [-0.2, 0) is 0 Å². The summed E-state index contributed by atoms with van der Waals surface area (Å²) < 4.78 is 0. The summed E-state index contributed by atoms with van der Waals surface area (Å²) in [6.45, 7) is 0. The van der Waals surface area contributed by atoms with Gasteiger partial charge in [0.2, 0.25) is 0 Å². The summed E-state index contributed by atoms with van der Waals surface area (Å²) in [5, 5.41) is 9.31. The standard InChI is InChI=1S/C11H10O2/c1-2-3-7-10(12)9-6-4-5-8-11(9)13/h1,4-6,8,13H,3,7H2. The van der Waals surface area contributed by atoms with E-state index in [1.807, 2.05) is 0 Å². The molecule has 0 amide bonds. The second-order valence-electron chi connectivity index (χ2n) is 2.64. The topological polar surface area (TPSA) is 37.3 Å². The van der Waals surface area contributed by atoms with Crippen molar-refractivity contribution in [2.45, 2.75) is 12.8 Å². The van der Waals surface area contributed by atoms with Crippen molar-refractivity contribution in [3.05, 3.63) is 29.8 Å². The Labute approximate surface area is 77.2 Å².